The van der Waals surface area contributed by atoms with E-state index in [1.165, 1.54) is 5.57 Å². The molecule has 2 aromatic heterocycles. The summed E-state index contributed by atoms with van der Waals surface area (Å²) >= 11 is 0. The first-order chi connectivity index (χ1) is 14.6. The monoisotopic (exact) mass is 404 g/mol. The smallest absolute Gasteiger partial charge is 0.320 e. The molecule has 30 heavy (non-hydrogen) atoms. The molecule has 9 nitrogen and oxygen atoms in total. The Morgan fingerprint density at radius 1 is 1.33 bits per heavy atom. The number of nitriles is 1. The van der Waals surface area contributed by atoms with Gasteiger partial charge in [-0.3, -0.25) is 4.68 Å². The van der Waals surface area contributed by atoms with Crippen LogP contribution in [0.2, 0.25) is 0 Å². The van der Waals surface area contributed by atoms with Gasteiger partial charge in [-0.15, -0.1) is 0 Å². The summed E-state index contributed by atoms with van der Waals surface area (Å²) in [6.07, 6.45) is 11.1. The maximum Gasteiger partial charge on any atom is 0.320 e. The lowest BCUT2D eigenvalue weighted by Gasteiger charge is -2.36. The highest BCUT2D eigenvalue weighted by molar-refractivity contribution is 5.79. The summed E-state index contributed by atoms with van der Waals surface area (Å²) in [5.41, 5.74) is 2.90. The van der Waals surface area contributed by atoms with Crippen molar-refractivity contribution < 1.29 is 4.79 Å². The molecule has 3 atom stereocenters. The number of nitrogens with zero attached hydrogens (tertiary/aromatic N) is 7. The Morgan fingerprint density at radius 3 is 2.97 bits per heavy atom. The van der Waals surface area contributed by atoms with Gasteiger partial charge >= 0.3 is 6.03 Å². The standard InChI is InChI=1S/C21H24N8O/c1-27-13-16(11-24-27)25-20-23-6-4-19(26-20)15-8-17-2-3-18(9-15)29(17)21(30)28-7-5-14(10-22)12-28/h4,6,8,11,13-14,17-18H,2-3,5,7,9,12H2,1H3,(H,23,25,26)/t14-,17?,18?/m0/s1. The Balaban J connectivity index is 1.33. The minimum Gasteiger partial charge on any atom is -0.323 e. The molecule has 2 fully saturated rings. The van der Waals surface area contributed by atoms with Gasteiger partial charge in [0.25, 0.3) is 0 Å². The number of likely N-dealkylation sites (tertiary alicyclic amines) is 1. The van der Waals surface area contributed by atoms with Crippen molar-refractivity contribution in [3.05, 3.63) is 36.4 Å². The maximum absolute atomic E-state index is 13.1. The van der Waals surface area contributed by atoms with E-state index in [0.29, 0.717) is 19.0 Å². The normalized spacial score (nSPS) is 25.2. The van der Waals surface area contributed by atoms with Gasteiger partial charge in [0, 0.05) is 38.6 Å². The Bertz CT molecular complexity index is 1040. The molecule has 5 rings (SSSR count). The largest absolute Gasteiger partial charge is 0.323 e. The molecular weight excluding hydrogens is 380 g/mol. The highest BCUT2D eigenvalue weighted by Gasteiger charge is 2.42. The van der Waals surface area contributed by atoms with Crippen molar-refractivity contribution >= 4 is 23.2 Å². The van der Waals surface area contributed by atoms with Gasteiger partial charge in [-0.25, -0.2) is 14.8 Å². The number of rotatable bonds is 3. The lowest BCUT2D eigenvalue weighted by molar-refractivity contribution is 0.145. The number of carbonyl (C=O) groups excluding carboxylic acids is 1. The third kappa shape index (κ3) is 3.38. The van der Waals surface area contributed by atoms with Crippen LogP contribution in [0.15, 0.2) is 30.7 Å². The van der Waals surface area contributed by atoms with Crippen molar-refractivity contribution in [3.8, 4) is 6.07 Å². The molecule has 2 saturated heterocycles. The molecule has 0 aliphatic carbocycles. The van der Waals surface area contributed by atoms with Gasteiger partial charge in [-0.05, 0) is 37.3 Å². The summed E-state index contributed by atoms with van der Waals surface area (Å²) in [6.45, 7) is 1.23. The number of hydrogen-bond acceptors (Lipinski definition) is 6. The molecule has 5 heterocycles. The second kappa shape index (κ2) is 7.44. The van der Waals surface area contributed by atoms with Gasteiger partial charge in [0.15, 0.2) is 0 Å². The molecule has 2 aromatic rings. The maximum atomic E-state index is 13.1. The molecule has 2 bridgehead atoms. The first kappa shape index (κ1) is 18.6. The first-order valence-electron chi connectivity index (χ1n) is 10.4. The summed E-state index contributed by atoms with van der Waals surface area (Å²) in [5.74, 6) is 0.501. The number of aryl methyl sites for hydroxylation is 1. The van der Waals surface area contributed by atoms with Crippen LogP contribution in [-0.4, -0.2) is 60.8 Å². The molecule has 9 heteroatoms. The van der Waals surface area contributed by atoms with E-state index >= 15 is 0 Å². The summed E-state index contributed by atoms with van der Waals surface area (Å²) < 4.78 is 1.72. The van der Waals surface area contributed by atoms with E-state index in [1.54, 1.807) is 17.1 Å². The molecule has 154 valence electrons. The predicted molar refractivity (Wildman–Crippen MR) is 110 cm³/mol. The zero-order chi connectivity index (χ0) is 20.7. The van der Waals surface area contributed by atoms with Crippen LogP contribution in [0.3, 0.4) is 0 Å². The molecule has 0 spiro atoms. The number of anilines is 2. The minimum absolute atomic E-state index is 0.0331. The van der Waals surface area contributed by atoms with Crippen molar-refractivity contribution in [1.29, 1.82) is 5.26 Å². The summed E-state index contributed by atoms with van der Waals surface area (Å²) in [7, 11) is 1.86. The van der Waals surface area contributed by atoms with E-state index in [9.17, 15) is 4.79 Å². The van der Waals surface area contributed by atoms with Crippen molar-refractivity contribution in [1.82, 2.24) is 29.5 Å². The van der Waals surface area contributed by atoms with Crippen LogP contribution >= 0.6 is 0 Å². The van der Waals surface area contributed by atoms with Crippen LogP contribution < -0.4 is 5.32 Å². The third-order valence-electron chi connectivity index (χ3n) is 6.20. The molecule has 0 radical (unpaired) electrons. The van der Waals surface area contributed by atoms with Crippen molar-refractivity contribution in [2.45, 2.75) is 37.8 Å². The highest BCUT2D eigenvalue weighted by Crippen LogP contribution is 2.39. The van der Waals surface area contributed by atoms with Gasteiger partial charge in [-0.1, -0.05) is 6.08 Å². The number of nitrogens with one attached hydrogen (secondary N) is 1. The van der Waals surface area contributed by atoms with E-state index in [1.807, 2.05) is 29.1 Å². The second-order valence-electron chi connectivity index (χ2n) is 8.24. The molecule has 2 unspecified atom stereocenters. The van der Waals surface area contributed by atoms with Crippen LogP contribution in [0, 0.1) is 17.2 Å². The minimum atomic E-state index is -0.0331. The Kier molecular flexibility index (Phi) is 4.62. The fourth-order valence-corrected chi connectivity index (χ4v) is 4.73. The van der Waals surface area contributed by atoms with Gasteiger partial charge in [0.2, 0.25) is 5.95 Å². The van der Waals surface area contributed by atoms with E-state index in [-0.39, 0.29) is 24.0 Å². The topological polar surface area (TPSA) is 103 Å². The average Bonchev–Trinajstić information content (AvgIpc) is 3.46. The van der Waals surface area contributed by atoms with E-state index < -0.39 is 0 Å². The average molecular weight is 404 g/mol. The Labute approximate surface area is 175 Å². The molecule has 0 saturated carbocycles. The van der Waals surface area contributed by atoms with Crippen LogP contribution in [0.1, 0.15) is 31.4 Å². The zero-order valence-corrected chi connectivity index (χ0v) is 16.9. The van der Waals surface area contributed by atoms with Crippen molar-refractivity contribution in [2.24, 2.45) is 13.0 Å². The van der Waals surface area contributed by atoms with E-state index in [4.69, 9.17) is 5.26 Å². The van der Waals surface area contributed by atoms with Gasteiger partial charge in [0.1, 0.15) is 0 Å². The number of carbonyl (C=O) groups is 1. The highest BCUT2D eigenvalue weighted by atomic mass is 16.2. The summed E-state index contributed by atoms with van der Waals surface area (Å²) in [5, 5.41) is 16.5. The van der Waals surface area contributed by atoms with Crippen molar-refractivity contribution in [3.63, 3.8) is 0 Å². The number of hydrogen-bond donors (Lipinski definition) is 1. The predicted octanol–water partition coefficient (Wildman–Crippen LogP) is 2.54. The Hall–Kier alpha value is -3.41. The van der Waals surface area contributed by atoms with Gasteiger partial charge < -0.3 is 15.1 Å². The zero-order valence-electron chi connectivity index (χ0n) is 16.9. The van der Waals surface area contributed by atoms with Crippen LogP contribution in [0.4, 0.5) is 16.4 Å². The van der Waals surface area contributed by atoms with Gasteiger partial charge in [-0.2, -0.15) is 10.4 Å². The molecule has 3 aliphatic rings. The lowest BCUT2D eigenvalue weighted by Crippen LogP contribution is -2.49. The quantitative estimate of drug-likeness (QED) is 0.843. The molecular formula is C21H24N8O. The van der Waals surface area contributed by atoms with Crippen LogP contribution in [0.25, 0.3) is 5.57 Å². The fraction of sp³-hybridized carbons (Fsp3) is 0.476. The second-order valence-corrected chi connectivity index (χ2v) is 8.24. The number of fused-ring (bicyclic) bond motifs is 2. The molecule has 3 aliphatic heterocycles. The molecule has 0 aromatic carbocycles. The van der Waals surface area contributed by atoms with Crippen LogP contribution in [-0.2, 0) is 7.05 Å². The Morgan fingerprint density at radius 2 is 2.23 bits per heavy atom. The number of urea groups is 1. The summed E-state index contributed by atoms with van der Waals surface area (Å²) in [4.78, 5) is 26.0. The summed E-state index contributed by atoms with van der Waals surface area (Å²) in [6, 6.07) is 4.58. The third-order valence-corrected chi connectivity index (χ3v) is 6.20. The first-order valence-corrected chi connectivity index (χ1v) is 10.4. The molecule has 2 amide bonds. The molecule has 1 N–H and O–H groups in total. The number of aromatic nitrogens is 4. The van der Waals surface area contributed by atoms with Crippen LogP contribution in [0.5, 0.6) is 0 Å². The van der Waals surface area contributed by atoms with Crippen molar-refractivity contribution in [2.75, 3.05) is 18.4 Å². The SMILES string of the molecule is Cn1cc(Nc2nccc(C3=CC4CCC(C3)N4C(=O)N3CC[C@@H](C#N)C3)n2)cn1. The van der Waals surface area contributed by atoms with Gasteiger partial charge in [0.05, 0.1) is 35.6 Å². The van der Waals surface area contributed by atoms with E-state index in [2.05, 4.69) is 32.5 Å². The fourth-order valence-electron chi connectivity index (χ4n) is 4.73. The lowest BCUT2D eigenvalue weighted by atomic mass is 9.98. The van der Waals surface area contributed by atoms with E-state index in [0.717, 1.165) is 37.1 Å². The number of amides is 2.